The average molecular weight is 453 g/mol. The number of fused-ring (bicyclic) bond motifs is 3. The lowest BCUT2D eigenvalue weighted by Gasteiger charge is -2.13. The third-order valence-electron chi connectivity index (χ3n) is 6.13. The van der Waals surface area contributed by atoms with Gasteiger partial charge in [-0.1, -0.05) is 83.9 Å². The summed E-state index contributed by atoms with van der Waals surface area (Å²) in [6.07, 6.45) is 1.41. The second kappa shape index (κ2) is 7.74. The van der Waals surface area contributed by atoms with Gasteiger partial charge in [0.15, 0.2) is 0 Å². The van der Waals surface area contributed by atoms with Crippen LogP contribution in [-0.4, -0.2) is 10.2 Å². The number of halogens is 2. The Morgan fingerprint density at radius 3 is 1.41 bits per heavy atom. The minimum atomic E-state index is 0.706. The van der Waals surface area contributed by atoms with E-state index >= 15 is 0 Å². The van der Waals surface area contributed by atoms with Crippen LogP contribution in [0, 0.1) is 0 Å². The Kier molecular flexibility index (Phi) is 4.71. The fourth-order valence-electron chi connectivity index (χ4n) is 4.69. The summed E-state index contributed by atoms with van der Waals surface area (Å²) >= 11 is 12.2. The molecule has 0 unspecified atom stereocenters. The summed E-state index contributed by atoms with van der Waals surface area (Å²) in [5, 5.41) is 13.5. The molecule has 1 aromatic heterocycles. The Morgan fingerprint density at radius 2 is 0.969 bits per heavy atom. The molecule has 2 nitrogen and oxygen atoms in total. The van der Waals surface area contributed by atoms with E-state index in [1.165, 1.54) is 44.2 Å². The van der Waals surface area contributed by atoms with Crippen LogP contribution in [0.2, 0.25) is 10.0 Å². The van der Waals surface area contributed by atoms with Crippen molar-refractivity contribution in [3.05, 3.63) is 117 Å². The highest BCUT2D eigenvalue weighted by Crippen LogP contribution is 2.49. The summed E-state index contributed by atoms with van der Waals surface area (Å²) in [6, 6.07) is 28.9. The maximum absolute atomic E-state index is 6.09. The highest BCUT2D eigenvalue weighted by atomic mass is 35.5. The molecule has 0 fully saturated rings. The zero-order valence-corrected chi connectivity index (χ0v) is 18.7. The Morgan fingerprint density at radius 1 is 0.531 bits per heavy atom. The summed E-state index contributed by atoms with van der Waals surface area (Å²) in [6.45, 7) is 0. The van der Waals surface area contributed by atoms with Gasteiger partial charge in [0.2, 0.25) is 0 Å². The molecule has 5 aromatic rings. The average Bonchev–Trinajstić information content (AvgIpc) is 3.16. The van der Waals surface area contributed by atoms with Gasteiger partial charge in [-0.15, -0.1) is 0 Å². The Balaban J connectivity index is 1.55. The number of benzene rings is 4. The largest absolute Gasteiger partial charge is 0.154 e. The first-order valence-electron chi connectivity index (χ1n) is 10.6. The second-order valence-electron chi connectivity index (χ2n) is 8.16. The third kappa shape index (κ3) is 3.28. The highest BCUT2D eigenvalue weighted by molar-refractivity contribution is 6.30. The van der Waals surface area contributed by atoms with Crippen LogP contribution in [0.4, 0.5) is 0 Å². The molecule has 1 heterocycles. The van der Waals surface area contributed by atoms with E-state index in [1.54, 1.807) is 0 Å². The van der Waals surface area contributed by atoms with E-state index in [0.29, 0.717) is 12.8 Å². The fraction of sp³-hybridized carbons (Fsp3) is 0.0714. The molecule has 0 atom stereocenters. The maximum Gasteiger partial charge on any atom is 0.0759 e. The molecule has 1 aliphatic rings. The van der Waals surface area contributed by atoms with Gasteiger partial charge in [0.25, 0.3) is 0 Å². The molecule has 4 aromatic carbocycles. The van der Waals surface area contributed by atoms with E-state index in [1.807, 2.05) is 24.3 Å². The minimum absolute atomic E-state index is 0.706. The number of hydrogen-bond acceptors (Lipinski definition) is 2. The van der Waals surface area contributed by atoms with Gasteiger partial charge >= 0.3 is 0 Å². The molecule has 154 valence electrons. The molecule has 0 N–H and O–H groups in total. The fourth-order valence-corrected chi connectivity index (χ4v) is 4.94. The summed E-state index contributed by atoms with van der Waals surface area (Å²) in [5.74, 6) is 0. The molecule has 0 aliphatic heterocycles. The van der Waals surface area contributed by atoms with Crippen LogP contribution in [0.5, 0.6) is 0 Å². The van der Waals surface area contributed by atoms with Crippen molar-refractivity contribution in [1.82, 2.24) is 10.2 Å². The lowest BCUT2D eigenvalue weighted by Crippen LogP contribution is -2.04. The number of aromatic nitrogens is 2. The standard InChI is InChI=1S/C28H18Cl2N2/c29-20-11-7-17(8-12-20)15-24-27-22-5-1-3-19-4-2-6-23(26(19)22)28(27)25(32-31-24)16-18-9-13-21(30)14-10-18/h1-14H,15-16H2. The van der Waals surface area contributed by atoms with E-state index in [9.17, 15) is 0 Å². The summed E-state index contributed by atoms with van der Waals surface area (Å²) in [7, 11) is 0. The summed E-state index contributed by atoms with van der Waals surface area (Å²) in [4.78, 5) is 0. The normalized spacial score (nSPS) is 11.7. The molecule has 32 heavy (non-hydrogen) atoms. The maximum atomic E-state index is 6.09. The molecule has 4 heteroatoms. The molecule has 0 saturated carbocycles. The molecular weight excluding hydrogens is 435 g/mol. The van der Waals surface area contributed by atoms with E-state index in [4.69, 9.17) is 33.4 Å². The predicted octanol–water partition coefficient (Wildman–Crippen LogP) is 7.77. The summed E-state index contributed by atoms with van der Waals surface area (Å²) in [5.41, 5.74) is 9.20. The van der Waals surface area contributed by atoms with E-state index < -0.39 is 0 Å². The second-order valence-corrected chi connectivity index (χ2v) is 9.03. The van der Waals surface area contributed by atoms with Crippen molar-refractivity contribution in [2.75, 3.05) is 0 Å². The van der Waals surface area contributed by atoms with Crippen LogP contribution in [0.3, 0.4) is 0 Å². The Labute approximate surface area is 196 Å². The van der Waals surface area contributed by atoms with Crippen molar-refractivity contribution in [3.63, 3.8) is 0 Å². The van der Waals surface area contributed by atoms with Crippen molar-refractivity contribution < 1.29 is 0 Å². The van der Waals surface area contributed by atoms with Gasteiger partial charge in [-0.3, -0.25) is 0 Å². The van der Waals surface area contributed by atoms with Crippen molar-refractivity contribution in [1.29, 1.82) is 0 Å². The smallest absolute Gasteiger partial charge is 0.0759 e. The van der Waals surface area contributed by atoms with E-state index in [0.717, 1.165) is 21.4 Å². The SMILES string of the molecule is Clc1ccc(Cc2nnc(Cc3ccc(Cl)cc3)c3c2-c2cccc4cccc-3c24)cc1. The molecule has 0 bridgehead atoms. The first-order valence-corrected chi connectivity index (χ1v) is 11.3. The van der Waals surface area contributed by atoms with Gasteiger partial charge in [-0.2, -0.15) is 10.2 Å². The number of hydrogen-bond donors (Lipinski definition) is 0. The van der Waals surface area contributed by atoms with Crippen LogP contribution >= 0.6 is 23.2 Å². The number of nitrogens with zero attached hydrogens (tertiary/aromatic N) is 2. The van der Waals surface area contributed by atoms with Crippen LogP contribution in [0.25, 0.3) is 33.0 Å². The Bertz CT molecular complexity index is 1360. The molecule has 0 spiro atoms. The topological polar surface area (TPSA) is 25.8 Å². The first-order chi connectivity index (χ1) is 15.7. The van der Waals surface area contributed by atoms with Gasteiger partial charge in [-0.25, -0.2) is 0 Å². The zero-order valence-electron chi connectivity index (χ0n) is 17.1. The Hall–Kier alpha value is -3.20. The van der Waals surface area contributed by atoms with E-state index in [-0.39, 0.29) is 0 Å². The van der Waals surface area contributed by atoms with Crippen molar-refractivity contribution in [2.45, 2.75) is 12.8 Å². The van der Waals surface area contributed by atoms with Crippen LogP contribution < -0.4 is 0 Å². The minimum Gasteiger partial charge on any atom is -0.154 e. The van der Waals surface area contributed by atoms with Gasteiger partial charge in [0.1, 0.15) is 0 Å². The van der Waals surface area contributed by atoms with Crippen molar-refractivity contribution in [3.8, 4) is 22.3 Å². The van der Waals surface area contributed by atoms with Crippen molar-refractivity contribution in [2.24, 2.45) is 0 Å². The molecule has 0 amide bonds. The van der Waals surface area contributed by atoms with Crippen LogP contribution in [0.15, 0.2) is 84.9 Å². The van der Waals surface area contributed by atoms with Crippen LogP contribution in [0.1, 0.15) is 22.5 Å². The molecular formula is C28H18Cl2N2. The quantitative estimate of drug-likeness (QED) is 0.273. The predicted molar refractivity (Wildman–Crippen MR) is 132 cm³/mol. The van der Waals surface area contributed by atoms with Gasteiger partial charge in [0, 0.05) is 34.0 Å². The molecule has 0 radical (unpaired) electrons. The first kappa shape index (κ1) is 19.5. The van der Waals surface area contributed by atoms with Gasteiger partial charge < -0.3 is 0 Å². The van der Waals surface area contributed by atoms with Crippen molar-refractivity contribution >= 4 is 34.0 Å². The highest BCUT2D eigenvalue weighted by Gasteiger charge is 2.28. The monoisotopic (exact) mass is 452 g/mol. The summed E-state index contributed by atoms with van der Waals surface area (Å²) < 4.78 is 0. The third-order valence-corrected chi connectivity index (χ3v) is 6.64. The lowest BCUT2D eigenvalue weighted by atomic mass is 9.95. The van der Waals surface area contributed by atoms with E-state index in [2.05, 4.69) is 60.7 Å². The zero-order chi connectivity index (χ0) is 21.7. The molecule has 6 rings (SSSR count). The van der Waals surface area contributed by atoms with Gasteiger partial charge in [-0.05, 0) is 57.3 Å². The molecule has 1 aliphatic carbocycles. The van der Waals surface area contributed by atoms with Gasteiger partial charge in [0.05, 0.1) is 11.4 Å². The van der Waals surface area contributed by atoms with Crippen LogP contribution in [-0.2, 0) is 12.8 Å². The lowest BCUT2D eigenvalue weighted by molar-refractivity contribution is 0.890. The number of rotatable bonds is 4. The molecule has 0 saturated heterocycles.